The second-order valence-electron chi connectivity index (χ2n) is 10.4. The Morgan fingerprint density at radius 3 is 2.43 bits per heavy atom. The first kappa shape index (κ1) is 30.6. The number of hydrogen-bond acceptors (Lipinski definition) is 6. The second-order valence-corrected chi connectivity index (χ2v) is 10.4. The van der Waals surface area contributed by atoms with Crippen LogP contribution >= 0.6 is 0 Å². The molecule has 0 fully saturated rings. The molecule has 3 N–H and O–H groups in total. The normalized spacial score (nSPS) is 16.8. The molecule has 0 saturated carbocycles. The highest BCUT2D eigenvalue weighted by Crippen LogP contribution is 2.46. The van der Waals surface area contributed by atoms with Crippen molar-refractivity contribution in [2.24, 2.45) is 5.73 Å². The zero-order valence-corrected chi connectivity index (χ0v) is 23.1. The van der Waals surface area contributed by atoms with Crippen molar-refractivity contribution in [3.63, 3.8) is 0 Å². The summed E-state index contributed by atoms with van der Waals surface area (Å²) in [6.07, 6.45) is -4.95. The Morgan fingerprint density at radius 1 is 1.09 bits per heavy atom. The maximum atomic E-state index is 14.5. The van der Waals surface area contributed by atoms with E-state index in [4.69, 9.17) is 10.5 Å². The largest absolute Gasteiger partial charge is 0.489 e. The number of fused-ring (bicyclic) bond motifs is 2. The van der Waals surface area contributed by atoms with E-state index < -0.39 is 59.7 Å². The number of carbonyl (C=O) groups is 2. The molecule has 1 aliphatic heterocycles. The Balaban J connectivity index is 1.54. The average Bonchev–Trinajstić information content (AvgIpc) is 3.30. The molecule has 2 atom stereocenters. The summed E-state index contributed by atoms with van der Waals surface area (Å²) in [4.78, 5) is 33.8. The zero-order valence-electron chi connectivity index (χ0n) is 23.1. The third kappa shape index (κ3) is 5.83. The van der Waals surface area contributed by atoms with Crippen molar-refractivity contribution in [2.45, 2.75) is 38.0 Å². The van der Waals surface area contributed by atoms with E-state index in [-0.39, 0.29) is 45.6 Å². The number of rotatable bonds is 8. The van der Waals surface area contributed by atoms with Gasteiger partial charge in [0.1, 0.15) is 40.7 Å². The molecule has 230 valence electrons. The van der Waals surface area contributed by atoms with E-state index in [0.717, 1.165) is 24.3 Å². The quantitative estimate of drug-likeness (QED) is 0.250. The summed E-state index contributed by atoms with van der Waals surface area (Å²) in [6.45, 7) is -1.48. The summed E-state index contributed by atoms with van der Waals surface area (Å²) >= 11 is 0. The van der Waals surface area contributed by atoms with Gasteiger partial charge in [0.25, 0.3) is 5.91 Å². The number of amides is 2. The Kier molecular flexibility index (Phi) is 7.87. The highest BCUT2D eigenvalue weighted by Gasteiger charge is 2.47. The number of nitrogens with two attached hydrogens (primary N) is 1. The molecular weight excluding hydrogens is 594 g/mol. The topological polar surface area (TPSA) is 116 Å². The van der Waals surface area contributed by atoms with Crippen LogP contribution in [-0.4, -0.2) is 47.7 Å². The summed E-state index contributed by atoms with van der Waals surface area (Å²) in [6, 6.07) is 11.2. The fraction of sp³-hybridized carbons (Fsp3) is 0.267. The first-order chi connectivity index (χ1) is 20.7. The number of aromatic nitrogens is 2. The second kappa shape index (κ2) is 11.3. The third-order valence-corrected chi connectivity index (χ3v) is 7.35. The van der Waals surface area contributed by atoms with E-state index in [2.05, 4.69) is 20.0 Å². The standard InChI is InChI=1S/C30H24F6N4O4/c1-14-3-4-16-9-17(10-22(23(16)39-14)44-28(32)33)26(41)38-12-20(30(34,35)36)21-11-19-25(43-13-29(19,2)27(37)42)24(40-21)15-5-7-18(31)8-6-15/h3-11,20,28H,12-13H2,1-2H3,(H2,37,42)(H,38,41)/t20?,29-/m0/s1. The molecule has 44 heavy (non-hydrogen) atoms. The Bertz CT molecular complexity index is 1760. The molecule has 0 bridgehead atoms. The van der Waals surface area contributed by atoms with Gasteiger partial charge in [-0.1, -0.05) is 6.07 Å². The number of hydrogen-bond donors (Lipinski definition) is 2. The van der Waals surface area contributed by atoms with Crippen molar-refractivity contribution in [3.8, 4) is 22.8 Å². The molecule has 2 aromatic heterocycles. The first-order valence-electron chi connectivity index (χ1n) is 13.1. The van der Waals surface area contributed by atoms with Gasteiger partial charge in [-0.05, 0) is 62.4 Å². The number of primary amides is 1. The van der Waals surface area contributed by atoms with Crippen molar-refractivity contribution in [3.05, 3.63) is 82.9 Å². The van der Waals surface area contributed by atoms with E-state index in [1.807, 2.05) is 0 Å². The van der Waals surface area contributed by atoms with Gasteiger partial charge in [-0.3, -0.25) is 9.59 Å². The number of ether oxygens (including phenoxy) is 2. The van der Waals surface area contributed by atoms with Crippen molar-refractivity contribution in [1.82, 2.24) is 15.3 Å². The molecule has 0 spiro atoms. The van der Waals surface area contributed by atoms with Gasteiger partial charge in [0.2, 0.25) is 5.91 Å². The molecule has 4 aromatic rings. The Labute approximate surface area is 246 Å². The van der Waals surface area contributed by atoms with Crippen LogP contribution in [0.4, 0.5) is 26.3 Å². The molecule has 8 nitrogen and oxygen atoms in total. The van der Waals surface area contributed by atoms with Gasteiger partial charge in [0.05, 0.1) is 5.69 Å². The van der Waals surface area contributed by atoms with Gasteiger partial charge in [-0.25, -0.2) is 14.4 Å². The monoisotopic (exact) mass is 618 g/mol. The number of benzene rings is 2. The Hall–Kier alpha value is -4.88. The van der Waals surface area contributed by atoms with Gasteiger partial charge < -0.3 is 20.5 Å². The fourth-order valence-electron chi connectivity index (χ4n) is 4.89. The van der Waals surface area contributed by atoms with Crippen molar-refractivity contribution in [1.29, 1.82) is 0 Å². The molecule has 1 unspecified atom stereocenters. The summed E-state index contributed by atoms with van der Waals surface area (Å²) in [5.41, 5.74) is 4.02. The molecule has 0 aliphatic carbocycles. The lowest BCUT2D eigenvalue weighted by Crippen LogP contribution is -2.40. The Morgan fingerprint density at radius 2 is 1.80 bits per heavy atom. The molecular formula is C30H24F6N4O4. The minimum absolute atomic E-state index is 0.0261. The number of alkyl halides is 5. The number of pyridine rings is 2. The lowest BCUT2D eigenvalue weighted by atomic mass is 9.82. The first-order valence-corrected chi connectivity index (χ1v) is 13.1. The number of nitrogens with zero attached hydrogens (tertiary/aromatic N) is 2. The highest BCUT2D eigenvalue weighted by atomic mass is 19.4. The SMILES string of the molecule is Cc1ccc2cc(C(=O)NCC(c3cc4c(c(-c5ccc(F)cc5)n3)OC[C@]4(C)C(N)=O)C(F)(F)F)cc(OC(F)F)c2n1. The van der Waals surface area contributed by atoms with Crippen LogP contribution < -0.4 is 20.5 Å². The maximum absolute atomic E-state index is 14.5. The van der Waals surface area contributed by atoms with Crippen molar-refractivity contribution in [2.75, 3.05) is 13.2 Å². The van der Waals surface area contributed by atoms with E-state index in [9.17, 15) is 35.9 Å². The minimum Gasteiger partial charge on any atom is -0.489 e. The van der Waals surface area contributed by atoms with E-state index in [0.29, 0.717) is 5.69 Å². The van der Waals surface area contributed by atoms with Gasteiger partial charge in [0.15, 0.2) is 5.75 Å². The smallest absolute Gasteiger partial charge is 0.398 e. The van der Waals surface area contributed by atoms with Gasteiger partial charge >= 0.3 is 12.8 Å². The van der Waals surface area contributed by atoms with E-state index in [1.54, 1.807) is 13.0 Å². The summed E-state index contributed by atoms with van der Waals surface area (Å²) in [7, 11) is 0. The number of carbonyl (C=O) groups excluding carboxylic acids is 2. The van der Waals surface area contributed by atoms with E-state index in [1.165, 1.54) is 31.2 Å². The summed E-state index contributed by atoms with van der Waals surface area (Å²) in [5, 5.41) is 2.45. The van der Waals surface area contributed by atoms with Crippen LogP contribution in [0.2, 0.25) is 0 Å². The van der Waals surface area contributed by atoms with Crippen LogP contribution in [0.5, 0.6) is 11.5 Å². The molecule has 5 rings (SSSR count). The summed E-state index contributed by atoms with van der Waals surface area (Å²) in [5.74, 6) is -5.24. The third-order valence-electron chi connectivity index (χ3n) is 7.35. The number of aryl methyl sites for hydroxylation is 1. The highest BCUT2D eigenvalue weighted by molar-refractivity contribution is 6.00. The van der Waals surface area contributed by atoms with E-state index >= 15 is 0 Å². The van der Waals surface area contributed by atoms with Crippen LogP contribution in [0.1, 0.15) is 40.2 Å². The average molecular weight is 619 g/mol. The molecule has 0 radical (unpaired) electrons. The van der Waals surface area contributed by atoms with Crippen LogP contribution in [-0.2, 0) is 10.2 Å². The molecule has 14 heteroatoms. The van der Waals surface area contributed by atoms with Crippen molar-refractivity contribution >= 4 is 22.7 Å². The van der Waals surface area contributed by atoms with Gasteiger partial charge in [-0.2, -0.15) is 22.0 Å². The number of nitrogens with one attached hydrogen (secondary N) is 1. The molecule has 2 amide bonds. The van der Waals surface area contributed by atoms with Crippen LogP contribution in [0.15, 0.2) is 54.6 Å². The van der Waals surface area contributed by atoms with Crippen LogP contribution in [0.25, 0.3) is 22.2 Å². The predicted octanol–water partition coefficient (Wildman–Crippen LogP) is 5.56. The van der Waals surface area contributed by atoms with Crippen LogP contribution in [0.3, 0.4) is 0 Å². The molecule has 0 saturated heterocycles. The fourth-order valence-corrected chi connectivity index (χ4v) is 4.89. The zero-order chi connectivity index (χ0) is 32.0. The van der Waals surface area contributed by atoms with Gasteiger partial charge in [-0.15, -0.1) is 0 Å². The van der Waals surface area contributed by atoms with Gasteiger partial charge in [0, 0.05) is 34.3 Å². The molecule has 2 aromatic carbocycles. The predicted molar refractivity (Wildman–Crippen MR) is 146 cm³/mol. The summed E-state index contributed by atoms with van der Waals surface area (Å²) < 4.78 is 93.6. The maximum Gasteiger partial charge on any atom is 0.398 e. The lowest BCUT2D eigenvalue weighted by Gasteiger charge is -2.24. The van der Waals surface area contributed by atoms with Crippen LogP contribution in [0, 0.1) is 12.7 Å². The molecule has 3 heterocycles. The van der Waals surface area contributed by atoms with Crippen molar-refractivity contribution < 1.29 is 45.4 Å². The number of halogens is 6. The minimum atomic E-state index is -4.95. The molecule has 1 aliphatic rings. The lowest BCUT2D eigenvalue weighted by molar-refractivity contribution is -0.149.